The van der Waals surface area contributed by atoms with E-state index in [2.05, 4.69) is 5.32 Å². The van der Waals surface area contributed by atoms with E-state index < -0.39 is 22.9 Å². The van der Waals surface area contributed by atoms with Crippen molar-refractivity contribution >= 4 is 45.8 Å². The van der Waals surface area contributed by atoms with E-state index >= 15 is 0 Å². The number of hydrogen-bond donors (Lipinski definition) is 1. The Morgan fingerprint density at radius 2 is 1.76 bits per heavy atom. The number of para-hydroxylation sites is 1. The summed E-state index contributed by atoms with van der Waals surface area (Å²) in [6, 6.07) is 19.4. The molecule has 0 saturated carbocycles. The number of carbonyl (C=O) groups excluding carboxylic acids is 2. The lowest BCUT2D eigenvalue weighted by Crippen LogP contribution is -2.30. The minimum atomic E-state index is -1.000. The zero-order chi connectivity index (χ0) is 20.8. The number of nitro benzene ring substituents is 1. The molecule has 0 aliphatic carbocycles. The van der Waals surface area contributed by atoms with Crippen LogP contribution in [0.25, 0.3) is 10.8 Å². The Labute approximate surface area is 171 Å². The third kappa shape index (κ3) is 5.32. The van der Waals surface area contributed by atoms with Crippen molar-refractivity contribution in [3.05, 3.63) is 76.8 Å². The molecule has 0 aliphatic heterocycles. The highest BCUT2D eigenvalue weighted by Gasteiger charge is 2.20. The average molecular weight is 410 g/mol. The number of nitrogens with one attached hydrogen (secondary N) is 1. The number of fused-ring (bicyclic) bond motifs is 1. The molecule has 1 N–H and O–H groups in total. The van der Waals surface area contributed by atoms with Gasteiger partial charge in [-0.3, -0.25) is 19.7 Å². The van der Waals surface area contributed by atoms with Gasteiger partial charge in [0.15, 0.2) is 6.10 Å². The molecule has 0 unspecified atom stereocenters. The Kier molecular flexibility index (Phi) is 6.46. The fraction of sp³-hybridized carbons (Fsp3) is 0.143. The fourth-order valence-electron chi connectivity index (χ4n) is 2.66. The molecule has 0 fully saturated rings. The molecule has 0 radical (unpaired) electrons. The number of hydrogen-bond acceptors (Lipinski definition) is 6. The Hall–Kier alpha value is -3.39. The van der Waals surface area contributed by atoms with E-state index in [1.54, 1.807) is 24.3 Å². The van der Waals surface area contributed by atoms with Gasteiger partial charge in [-0.05, 0) is 35.9 Å². The van der Waals surface area contributed by atoms with Crippen LogP contribution >= 0.6 is 11.8 Å². The molecule has 1 atom stereocenters. The maximum Gasteiger partial charge on any atom is 0.317 e. The number of nitrogens with zero attached hydrogens (tertiary/aromatic N) is 1. The van der Waals surface area contributed by atoms with Crippen LogP contribution in [0.2, 0.25) is 0 Å². The first-order valence-electron chi connectivity index (χ1n) is 8.79. The average Bonchev–Trinajstić information content (AvgIpc) is 2.72. The quantitative estimate of drug-likeness (QED) is 0.268. The number of amides is 1. The van der Waals surface area contributed by atoms with Gasteiger partial charge in [-0.1, -0.05) is 42.5 Å². The van der Waals surface area contributed by atoms with Crippen molar-refractivity contribution in [1.29, 1.82) is 0 Å². The minimum Gasteiger partial charge on any atom is -0.452 e. The van der Waals surface area contributed by atoms with Crippen LogP contribution in [0.4, 0.5) is 11.4 Å². The van der Waals surface area contributed by atoms with Gasteiger partial charge in [0.05, 0.1) is 15.6 Å². The standard InChI is InChI=1S/C21H18N2O5S/c1-14(21(25)22-17-11-10-15-6-2-3-7-16(15)12-17)28-20(24)13-29-19-9-5-4-8-18(19)23(26)27/h2-12,14H,13H2,1H3,(H,22,25)/t14-/m1/s1. The number of carbonyl (C=O) groups is 2. The van der Waals surface area contributed by atoms with Gasteiger partial charge < -0.3 is 10.1 Å². The second-order valence-corrected chi connectivity index (χ2v) is 7.21. The molecule has 0 spiro atoms. The number of esters is 1. The molecule has 0 aliphatic rings. The normalized spacial score (nSPS) is 11.6. The van der Waals surface area contributed by atoms with E-state index in [9.17, 15) is 19.7 Å². The van der Waals surface area contributed by atoms with E-state index in [0.717, 1.165) is 22.5 Å². The summed E-state index contributed by atoms with van der Waals surface area (Å²) >= 11 is 0.995. The van der Waals surface area contributed by atoms with Crippen LogP contribution in [0.5, 0.6) is 0 Å². The largest absolute Gasteiger partial charge is 0.452 e. The summed E-state index contributed by atoms with van der Waals surface area (Å²) in [5, 5.41) is 15.8. The van der Waals surface area contributed by atoms with Crippen LogP contribution in [0.15, 0.2) is 71.6 Å². The van der Waals surface area contributed by atoms with Gasteiger partial charge in [-0.2, -0.15) is 0 Å². The second-order valence-electron chi connectivity index (χ2n) is 6.20. The summed E-state index contributed by atoms with van der Waals surface area (Å²) in [6.45, 7) is 1.48. The van der Waals surface area contributed by atoms with E-state index in [0.29, 0.717) is 10.6 Å². The third-order valence-corrected chi connectivity index (χ3v) is 5.14. The summed E-state index contributed by atoms with van der Waals surface area (Å²) in [7, 11) is 0. The zero-order valence-electron chi connectivity index (χ0n) is 15.5. The summed E-state index contributed by atoms with van der Waals surface area (Å²) in [5.74, 6) is -1.23. The number of anilines is 1. The van der Waals surface area contributed by atoms with Crippen LogP contribution in [-0.4, -0.2) is 28.7 Å². The van der Waals surface area contributed by atoms with Gasteiger partial charge >= 0.3 is 5.97 Å². The smallest absolute Gasteiger partial charge is 0.317 e. The van der Waals surface area contributed by atoms with Crippen LogP contribution < -0.4 is 5.32 Å². The highest BCUT2D eigenvalue weighted by molar-refractivity contribution is 8.00. The lowest BCUT2D eigenvalue weighted by Gasteiger charge is -2.14. The third-order valence-electron chi connectivity index (χ3n) is 4.10. The maximum atomic E-state index is 12.3. The Bertz CT molecular complexity index is 1070. The van der Waals surface area contributed by atoms with Gasteiger partial charge in [0.25, 0.3) is 11.6 Å². The molecule has 3 aromatic carbocycles. The first-order chi connectivity index (χ1) is 13.9. The molecule has 0 saturated heterocycles. The molecular weight excluding hydrogens is 392 g/mol. The van der Waals surface area contributed by atoms with Crippen molar-refractivity contribution in [2.75, 3.05) is 11.1 Å². The number of rotatable bonds is 7. The predicted octanol–water partition coefficient (Wildman–Crippen LogP) is 4.41. The molecular formula is C21H18N2O5S. The molecule has 29 heavy (non-hydrogen) atoms. The highest BCUT2D eigenvalue weighted by atomic mass is 32.2. The van der Waals surface area contributed by atoms with Crippen molar-refractivity contribution in [2.45, 2.75) is 17.9 Å². The second kappa shape index (κ2) is 9.20. The first-order valence-corrected chi connectivity index (χ1v) is 9.78. The summed E-state index contributed by atoms with van der Waals surface area (Å²) in [6.07, 6.45) is -1.000. The van der Waals surface area contributed by atoms with E-state index in [-0.39, 0.29) is 11.4 Å². The van der Waals surface area contributed by atoms with Crippen molar-refractivity contribution in [2.24, 2.45) is 0 Å². The van der Waals surface area contributed by atoms with E-state index in [4.69, 9.17) is 4.74 Å². The predicted molar refractivity (Wildman–Crippen MR) is 112 cm³/mol. The molecule has 0 bridgehead atoms. The van der Waals surface area contributed by atoms with Crippen LogP contribution in [0.1, 0.15) is 6.92 Å². The summed E-state index contributed by atoms with van der Waals surface area (Å²) < 4.78 is 5.15. The van der Waals surface area contributed by atoms with Gasteiger partial charge in [0.2, 0.25) is 0 Å². The Morgan fingerprint density at radius 1 is 1.07 bits per heavy atom. The van der Waals surface area contributed by atoms with Gasteiger partial charge in [0, 0.05) is 11.8 Å². The minimum absolute atomic E-state index is 0.0765. The molecule has 0 aromatic heterocycles. The molecule has 8 heteroatoms. The van der Waals surface area contributed by atoms with Crippen LogP contribution in [0.3, 0.4) is 0 Å². The van der Waals surface area contributed by atoms with Crippen molar-refractivity contribution in [1.82, 2.24) is 0 Å². The van der Waals surface area contributed by atoms with Crippen LogP contribution in [-0.2, 0) is 14.3 Å². The SMILES string of the molecule is C[C@@H](OC(=O)CSc1ccccc1[N+](=O)[O-])C(=O)Nc1ccc2ccccc2c1. The van der Waals surface area contributed by atoms with Gasteiger partial charge in [0.1, 0.15) is 0 Å². The topological polar surface area (TPSA) is 98.5 Å². The monoisotopic (exact) mass is 410 g/mol. The number of ether oxygens (including phenoxy) is 1. The fourth-order valence-corrected chi connectivity index (χ4v) is 3.47. The number of nitro groups is 1. The van der Waals surface area contributed by atoms with Crippen molar-refractivity contribution in [3.63, 3.8) is 0 Å². The Morgan fingerprint density at radius 3 is 2.52 bits per heavy atom. The van der Waals surface area contributed by atoms with Gasteiger partial charge in [-0.25, -0.2) is 0 Å². The zero-order valence-corrected chi connectivity index (χ0v) is 16.3. The molecule has 3 aromatic rings. The van der Waals surface area contributed by atoms with Crippen LogP contribution in [0, 0.1) is 10.1 Å². The summed E-state index contributed by atoms with van der Waals surface area (Å²) in [4.78, 5) is 35.2. The Balaban J connectivity index is 1.55. The lowest BCUT2D eigenvalue weighted by molar-refractivity contribution is -0.387. The number of benzene rings is 3. The highest BCUT2D eigenvalue weighted by Crippen LogP contribution is 2.28. The molecule has 1 amide bonds. The van der Waals surface area contributed by atoms with E-state index in [1.165, 1.54) is 13.0 Å². The van der Waals surface area contributed by atoms with Crippen molar-refractivity contribution in [3.8, 4) is 0 Å². The molecule has 7 nitrogen and oxygen atoms in total. The molecule has 3 rings (SSSR count). The summed E-state index contributed by atoms with van der Waals surface area (Å²) in [5.41, 5.74) is 0.526. The molecule has 148 valence electrons. The first kappa shape index (κ1) is 20.3. The lowest BCUT2D eigenvalue weighted by atomic mass is 10.1. The maximum absolute atomic E-state index is 12.3. The van der Waals surface area contributed by atoms with Gasteiger partial charge in [-0.15, -0.1) is 11.8 Å². The number of thioether (sulfide) groups is 1. The molecule has 0 heterocycles. The van der Waals surface area contributed by atoms with Crippen molar-refractivity contribution < 1.29 is 19.2 Å². The van der Waals surface area contributed by atoms with E-state index in [1.807, 2.05) is 36.4 Å².